The number of nitrogens with zero attached hydrogens (tertiary/aromatic N) is 1. The highest BCUT2D eigenvalue weighted by Gasteiger charge is 1.85. The summed E-state index contributed by atoms with van der Waals surface area (Å²) in [5.41, 5.74) is 2.03. The summed E-state index contributed by atoms with van der Waals surface area (Å²) in [4.78, 5) is 10.4. The van der Waals surface area contributed by atoms with Crippen molar-refractivity contribution in [2.45, 2.75) is 0 Å². The first-order valence-corrected chi connectivity index (χ1v) is 2.35. The molecule has 1 heterocycles. The lowest BCUT2D eigenvalue weighted by atomic mass is 10.5. The molecule has 9 heavy (non-hydrogen) atoms. The van der Waals surface area contributed by atoms with Crippen LogP contribution < -0.4 is 16.8 Å². The van der Waals surface area contributed by atoms with Gasteiger partial charge in [0.25, 0.3) is 5.56 Å². The third kappa shape index (κ3) is 1.26. The fourth-order valence-electron chi connectivity index (χ4n) is 0.425. The molecule has 4 N–H and O–H groups in total. The average Bonchev–Trinajstić information content (AvgIpc) is 1.90. The molecular formula is C4H6N4O. The van der Waals surface area contributed by atoms with Crippen LogP contribution in [0, 0.1) is 0 Å². The van der Waals surface area contributed by atoms with Crippen LogP contribution in [0.2, 0.25) is 0 Å². The van der Waals surface area contributed by atoms with Crippen LogP contribution in [0.5, 0.6) is 0 Å². The number of nitrogens with one attached hydrogen (secondary N) is 2. The van der Waals surface area contributed by atoms with Crippen LogP contribution in [0.3, 0.4) is 0 Å². The molecule has 0 aromatic carbocycles. The Labute approximate surface area is 50.9 Å². The van der Waals surface area contributed by atoms with E-state index in [9.17, 15) is 4.79 Å². The van der Waals surface area contributed by atoms with Crippen molar-refractivity contribution < 1.29 is 0 Å². The number of aromatic amines is 1. The molecule has 1 rings (SSSR count). The molecule has 0 saturated carbocycles. The highest BCUT2D eigenvalue weighted by atomic mass is 16.1. The molecule has 1 aromatic rings. The number of H-pyrrole nitrogens is 1. The molecule has 0 unspecified atom stereocenters. The zero-order valence-corrected chi connectivity index (χ0v) is 4.59. The second-order valence-corrected chi connectivity index (χ2v) is 1.45. The lowest BCUT2D eigenvalue weighted by molar-refractivity contribution is 0.982. The standard InChI is InChI=1S/C4H6N4O/c5-6-3-1-2-4(9)8-7-3/h1-2H,5H2,(H,6,7)(H,8,9). The molecule has 0 spiro atoms. The van der Waals surface area contributed by atoms with E-state index in [0.29, 0.717) is 5.82 Å². The summed E-state index contributed by atoms with van der Waals surface area (Å²) in [5, 5.41) is 5.73. The van der Waals surface area contributed by atoms with Crippen molar-refractivity contribution in [3.8, 4) is 0 Å². The molecule has 0 aliphatic rings. The first-order chi connectivity index (χ1) is 4.33. The normalized spacial score (nSPS) is 9.00. The molecule has 0 atom stereocenters. The Morgan fingerprint density at radius 3 is 2.89 bits per heavy atom. The van der Waals surface area contributed by atoms with E-state index in [1.54, 1.807) is 0 Å². The van der Waals surface area contributed by atoms with Crippen molar-refractivity contribution >= 4 is 5.82 Å². The Hall–Kier alpha value is -1.36. The molecule has 5 heteroatoms. The molecule has 0 fully saturated rings. The van der Waals surface area contributed by atoms with Crippen molar-refractivity contribution in [3.63, 3.8) is 0 Å². The topological polar surface area (TPSA) is 83.8 Å². The quantitative estimate of drug-likeness (QED) is 0.335. The summed E-state index contributed by atoms with van der Waals surface area (Å²) in [5.74, 6) is 5.40. The number of aromatic nitrogens is 2. The van der Waals surface area contributed by atoms with Crippen LogP contribution >= 0.6 is 0 Å². The van der Waals surface area contributed by atoms with Gasteiger partial charge in [-0.25, -0.2) is 10.9 Å². The van der Waals surface area contributed by atoms with E-state index in [-0.39, 0.29) is 5.56 Å². The van der Waals surface area contributed by atoms with Gasteiger partial charge in [-0.1, -0.05) is 0 Å². The van der Waals surface area contributed by atoms with Gasteiger partial charge in [-0.15, -0.1) is 0 Å². The van der Waals surface area contributed by atoms with Crippen LogP contribution in [-0.4, -0.2) is 10.2 Å². The van der Waals surface area contributed by atoms with Gasteiger partial charge in [-0.05, 0) is 6.07 Å². The van der Waals surface area contributed by atoms with Crippen LogP contribution in [0.1, 0.15) is 0 Å². The van der Waals surface area contributed by atoms with E-state index in [1.165, 1.54) is 12.1 Å². The Bertz CT molecular complexity index is 222. The zero-order valence-electron chi connectivity index (χ0n) is 4.59. The van der Waals surface area contributed by atoms with E-state index >= 15 is 0 Å². The number of nitrogen functional groups attached to an aromatic ring is 1. The molecule has 0 aliphatic heterocycles. The highest BCUT2D eigenvalue weighted by molar-refractivity contribution is 5.28. The molecule has 1 aromatic heterocycles. The molecule has 5 nitrogen and oxygen atoms in total. The Kier molecular flexibility index (Phi) is 1.46. The smallest absolute Gasteiger partial charge is 0.264 e. The number of anilines is 1. The summed E-state index contributed by atoms with van der Waals surface area (Å²) in [7, 11) is 0. The first kappa shape index (κ1) is 5.77. The van der Waals surface area contributed by atoms with Gasteiger partial charge in [0.05, 0.1) is 0 Å². The predicted molar refractivity (Wildman–Crippen MR) is 32.7 cm³/mol. The lowest BCUT2D eigenvalue weighted by Crippen LogP contribution is -2.13. The Balaban J connectivity index is 3.02. The van der Waals surface area contributed by atoms with Gasteiger partial charge in [0.1, 0.15) is 0 Å². The summed E-state index contributed by atoms with van der Waals surface area (Å²) in [6.07, 6.45) is 0. The number of hydrogen-bond acceptors (Lipinski definition) is 4. The fourth-order valence-corrected chi connectivity index (χ4v) is 0.425. The number of hydrazine groups is 1. The lowest BCUT2D eigenvalue weighted by Gasteiger charge is -1.92. The summed E-state index contributed by atoms with van der Waals surface area (Å²) < 4.78 is 0. The van der Waals surface area contributed by atoms with Gasteiger partial charge in [0.2, 0.25) is 0 Å². The van der Waals surface area contributed by atoms with E-state index in [4.69, 9.17) is 5.84 Å². The maximum atomic E-state index is 10.4. The molecule has 0 aliphatic carbocycles. The van der Waals surface area contributed by atoms with Crippen molar-refractivity contribution in [1.82, 2.24) is 10.2 Å². The third-order valence-electron chi connectivity index (χ3n) is 0.827. The number of hydrogen-bond donors (Lipinski definition) is 3. The van der Waals surface area contributed by atoms with E-state index < -0.39 is 0 Å². The predicted octanol–water partition coefficient (Wildman–Crippen LogP) is -0.945. The van der Waals surface area contributed by atoms with Gasteiger partial charge in [0, 0.05) is 6.07 Å². The minimum Gasteiger partial charge on any atom is -0.307 e. The average molecular weight is 126 g/mol. The molecule has 0 amide bonds. The van der Waals surface area contributed by atoms with Crippen LogP contribution in [0.15, 0.2) is 16.9 Å². The minimum absolute atomic E-state index is 0.242. The summed E-state index contributed by atoms with van der Waals surface area (Å²) in [6, 6.07) is 2.82. The molecule has 0 radical (unpaired) electrons. The maximum absolute atomic E-state index is 10.4. The third-order valence-corrected chi connectivity index (χ3v) is 0.827. The Morgan fingerprint density at radius 2 is 2.44 bits per heavy atom. The monoisotopic (exact) mass is 126 g/mol. The summed E-state index contributed by atoms with van der Waals surface area (Å²) >= 11 is 0. The summed E-state index contributed by atoms with van der Waals surface area (Å²) in [6.45, 7) is 0. The van der Waals surface area contributed by atoms with Gasteiger partial charge >= 0.3 is 0 Å². The van der Waals surface area contributed by atoms with Gasteiger partial charge in [0.15, 0.2) is 5.82 Å². The van der Waals surface area contributed by atoms with Gasteiger partial charge in [-0.2, -0.15) is 5.10 Å². The van der Waals surface area contributed by atoms with Crippen molar-refractivity contribution in [3.05, 3.63) is 22.5 Å². The minimum atomic E-state index is -0.242. The molecule has 48 valence electrons. The maximum Gasteiger partial charge on any atom is 0.264 e. The Morgan fingerprint density at radius 1 is 1.67 bits per heavy atom. The highest BCUT2D eigenvalue weighted by Crippen LogP contribution is 1.89. The molecule has 0 bridgehead atoms. The molecule has 0 saturated heterocycles. The van der Waals surface area contributed by atoms with Gasteiger partial charge < -0.3 is 5.43 Å². The largest absolute Gasteiger partial charge is 0.307 e. The van der Waals surface area contributed by atoms with Crippen LogP contribution in [0.25, 0.3) is 0 Å². The number of rotatable bonds is 1. The second kappa shape index (κ2) is 2.27. The van der Waals surface area contributed by atoms with Crippen molar-refractivity contribution in [2.75, 3.05) is 5.43 Å². The SMILES string of the molecule is NNc1ccc(=O)[nH]n1. The van der Waals surface area contributed by atoms with Crippen molar-refractivity contribution in [2.24, 2.45) is 5.84 Å². The first-order valence-electron chi connectivity index (χ1n) is 2.35. The fraction of sp³-hybridized carbons (Fsp3) is 0. The van der Waals surface area contributed by atoms with E-state index in [1.807, 2.05) is 0 Å². The second-order valence-electron chi connectivity index (χ2n) is 1.45. The van der Waals surface area contributed by atoms with Crippen LogP contribution in [-0.2, 0) is 0 Å². The van der Waals surface area contributed by atoms with E-state index in [0.717, 1.165) is 0 Å². The molecular weight excluding hydrogens is 120 g/mol. The zero-order chi connectivity index (χ0) is 6.69. The van der Waals surface area contributed by atoms with Crippen LogP contribution in [0.4, 0.5) is 5.82 Å². The number of nitrogens with two attached hydrogens (primary N) is 1. The van der Waals surface area contributed by atoms with Crippen molar-refractivity contribution in [1.29, 1.82) is 0 Å². The van der Waals surface area contributed by atoms with E-state index in [2.05, 4.69) is 15.6 Å². The van der Waals surface area contributed by atoms with Gasteiger partial charge in [-0.3, -0.25) is 4.79 Å².